The van der Waals surface area contributed by atoms with Gasteiger partial charge in [0.15, 0.2) is 0 Å². The van der Waals surface area contributed by atoms with Crippen LogP contribution in [0.4, 0.5) is 0 Å². The molecule has 0 aromatic heterocycles. The van der Waals surface area contributed by atoms with Crippen molar-refractivity contribution < 1.29 is 19.1 Å². The van der Waals surface area contributed by atoms with E-state index < -0.39 is 0 Å². The average Bonchev–Trinajstić information content (AvgIpc) is 2.63. The van der Waals surface area contributed by atoms with Crippen LogP contribution in [0.5, 0.6) is 0 Å². The highest BCUT2D eigenvalue weighted by Gasteiger charge is 2.29. The maximum atomic E-state index is 12.4. The van der Waals surface area contributed by atoms with Gasteiger partial charge >= 0.3 is 0 Å². The third-order valence-corrected chi connectivity index (χ3v) is 4.95. The molecule has 0 saturated carbocycles. The molecule has 0 radical (unpaired) electrons. The normalized spacial score (nSPS) is 22.0. The molecule has 2 aliphatic heterocycles. The molecule has 7 nitrogen and oxygen atoms in total. The third-order valence-electron chi connectivity index (χ3n) is 4.95. The molecule has 0 bridgehead atoms. The maximum Gasteiger partial charge on any atom is 0.224 e. The van der Waals surface area contributed by atoms with Crippen molar-refractivity contribution in [2.24, 2.45) is 5.92 Å². The summed E-state index contributed by atoms with van der Waals surface area (Å²) < 4.78 is 10.8. The van der Waals surface area contributed by atoms with E-state index in [0.29, 0.717) is 32.5 Å². The summed E-state index contributed by atoms with van der Waals surface area (Å²) in [5.74, 6) is 0.170. The van der Waals surface area contributed by atoms with Crippen molar-refractivity contribution in [3.8, 4) is 0 Å². The summed E-state index contributed by atoms with van der Waals surface area (Å²) in [7, 11) is 0. The standard InChI is InChI=1S/C19H35N3O4/c1-16(2)26-12-3-7-20-19(24)17-5-6-18(23)22(15-17)9-4-8-21-10-13-25-14-11-21/h16-17H,3-15H2,1-2H3,(H,20,24). The summed E-state index contributed by atoms with van der Waals surface area (Å²) in [6.07, 6.45) is 3.13. The van der Waals surface area contributed by atoms with Gasteiger partial charge in [-0.15, -0.1) is 0 Å². The van der Waals surface area contributed by atoms with Gasteiger partial charge in [0.05, 0.1) is 25.2 Å². The van der Waals surface area contributed by atoms with Crippen molar-refractivity contribution in [3.63, 3.8) is 0 Å². The van der Waals surface area contributed by atoms with Gasteiger partial charge in [0, 0.05) is 52.3 Å². The van der Waals surface area contributed by atoms with Crippen LogP contribution in [0.3, 0.4) is 0 Å². The van der Waals surface area contributed by atoms with Gasteiger partial charge in [-0.05, 0) is 33.1 Å². The van der Waals surface area contributed by atoms with Crippen LogP contribution in [0.25, 0.3) is 0 Å². The molecular formula is C19H35N3O4. The second kappa shape index (κ2) is 11.5. The van der Waals surface area contributed by atoms with Crippen LogP contribution >= 0.6 is 0 Å². The highest BCUT2D eigenvalue weighted by atomic mass is 16.5. The molecule has 2 saturated heterocycles. The third kappa shape index (κ3) is 7.60. The van der Waals surface area contributed by atoms with E-state index in [9.17, 15) is 9.59 Å². The molecule has 2 aliphatic rings. The van der Waals surface area contributed by atoms with Gasteiger partial charge < -0.3 is 19.7 Å². The molecule has 2 heterocycles. The van der Waals surface area contributed by atoms with Crippen molar-refractivity contribution >= 4 is 11.8 Å². The highest BCUT2D eigenvalue weighted by molar-refractivity contribution is 5.83. The minimum absolute atomic E-state index is 0.0697. The molecule has 7 heteroatoms. The van der Waals surface area contributed by atoms with E-state index in [2.05, 4.69) is 10.2 Å². The Morgan fingerprint density at radius 3 is 2.77 bits per heavy atom. The van der Waals surface area contributed by atoms with Crippen molar-refractivity contribution in [1.29, 1.82) is 0 Å². The number of rotatable bonds is 10. The summed E-state index contributed by atoms with van der Waals surface area (Å²) in [6, 6.07) is 0. The van der Waals surface area contributed by atoms with E-state index in [4.69, 9.17) is 9.47 Å². The number of carbonyl (C=O) groups excluding carboxylic acids is 2. The lowest BCUT2D eigenvalue weighted by Crippen LogP contribution is -2.47. The van der Waals surface area contributed by atoms with Crippen LogP contribution in [-0.2, 0) is 19.1 Å². The number of nitrogens with one attached hydrogen (secondary N) is 1. The Labute approximate surface area is 157 Å². The van der Waals surface area contributed by atoms with E-state index in [1.165, 1.54) is 0 Å². The van der Waals surface area contributed by atoms with Crippen molar-refractivity contribution in [2.75, 3.05) is 59.1 Å². The molecule has 2 fully saturated rings. The molecule has 0 aromatic rings. The van der Waals surface area contributed by atoms with E-state index in [-0.39, 0.29) is 23.8 Å². The number of ether oxygens (including phenoxy) is 2. The van der Waals surface area contributed by atoms with Crippen LogP contribution in [-0.4, -0.2) is 86.8 Å². The largest absolute Gasteiger partial charge is 0.379 e. The first-order valence-electron chi connectivity index (χ1n) is 10.0. The highest BCUT2D eigenvalue weighted by Crippen LogP contribution is 2.18. The summed E-state index contributed by atoms with van der Waals surface area (Å²) in [6.45, 7) is 11.1. The fourth-order valence-corrected chi connectivity index (χ4v) is 3.40. The molecule has 0 aliphatic carbocycles. The number of nitrogens with zero attached hydrogens (tertiary/aromatic N) is 2. The number of amides is 2. The van der Waals surface area contributed by atoms with Crippen LogP contribution in [0.2, 0.25) is 0 Å². The fourth-order valence-electron chi connectivity index (χ4n) is 3.40. The second-order valence-corrected chi connectivity index (χ2v) is 7.45. The van der Waals surface area contributed by atoms with Gasteiger partial charge in [0.2, 0.25) is 11.8 Å². The van der Waals surface area contributed by atoms with E-state index in [1.54, 1.807) is 0 Å². The second-order valence-electron chi connectivity index (χ2n) is 7.45. The molecule has 1 unspecified atom stereocenters. The fraction of sp³-hybridized carbons (Fsp3) is 0.895. The number of hydrogen-bond donors (Lipinski definition) is 1. The Kier molecular flexibility index (Phi) is 9.36. The zero-order chi connectivity index (χ0) is 18.8. The molecule has 1 N–H and O–H groups in total. The first-order chi connectivity index (χ1) is 12.6. The van der Waals surface area contributed by atoms with Gasteiger partial charge in [-0.1, -0.05) is 0 Å². The number of carbonyl (C=O) groups is 2. The monoisotopic (exact) mass is 369 g/mol. The van der Waals surface area contributed by atoms with E-state index >= 15 is 0 Å². The topological polar surface area (TPSA) is 71.1 Å². The van der Waals surface area contributed by atoms with Gasteiger partial charge in [-0.2, -0.15) is 0 Å². The van der Waals surface area contributed by atoms with Crippen LogP contribution in [0.15, 0.2) is 0 Å². The van der Waals surface area contributed by atoms with Crippen molar-refractivity contribution in [1.82, 2.24) is 15.1 Å². The molecule has 2 amide bonds. The van der Waals surface area contributed by atoms with Gasteiger partial charge in [0.1, 0.15) is 0 Å². The zero-order valence-corrected chi connectivity index (χ0v) is 16.4. The van der Waals surface area contributed by atoms with Gasteiger partial charge in [-0.25, -0.2) is 0 Å². The lowest BCUT2D eigenvalue weighted by Gasteiger charge is -2.33. The number of morpholine rings is 1. The minimum Gasteiger partial charge on any atom is -0.379 e. The molecule has 26 heavy (non-hydrogen) atoms. The number of hydrogen-bond acceptors (Lipinski definition) is 5. The molecule has 150 valence electrons. The average molecular weight is 370 g/mol. The summed E-state index contributed by atoms with van der Waals surface area (Å²) in [4.78, 5) is 28.8. The molecule has 2 rings (SSSR count). The van der Waals surface area contributed by atoms with E-state index in [0.717, 1.165) is 52.2 Å². The van der Waals surface area contributed by atoms with Crippen LogP contribution in [0.1, 0.15) is 39.5 Å². The van der Waals surface area contributed by atoms with Crippen LogP contribution < -0.4 is 5.32 Å². The lowest BCUT2D eigenvalue weighted by atomic mass is 9.96. The Hall–Kier alpha value is -1.18. The van der Waals surface area contributed by atoms with Crippen molar-refractivity contribution in [3.05, 3.63) is 0 Å². The zero-order valence-electron chi connectivity index (χ0n) is 16.4. The minimum atomic E-state index is -0.0814. The Morgan fingerprint density at radius 2 is 2.04 bits per heavy atom. The molecule has 0 aromatic carbocycles. The quantitative estimate of drug-likeness (QED) is 0.579. The number of piperidine rings is 1. The lowest BCUT2D eigenvalue weighted by molar-refractivity contribution is -0.138. The first kappa shape index (κ1) is 21.1. The summed E-state index contributed by atoms with van der Waals surface area (Å²) in [5.41, 5.74) is 0. The predicted molar refractivity (Wildman–Crippen MR) is 99.9 cm³/mol. The van der Waals surface area contributed by atoms with Gasteiger partial charge in [-0.3, -0.25) is 14.5 Å². The maximum absolute atomic E-state index is 12.4. The molecule has 0 spiro atoms. The Bertz CT molecular complexity index is 439. The summed E-state index contributed by atoms with van der Waals surface area (Å²) in [5, 5.41) is 2.99. The Balaban J connectivity index is 1.63. The summed E-state index contributed by atoms with van der Waals surface area (Å²) >= 11 is 0. The Morgan fingerprint density at radius 1 is 1.27 bits per heavy atom. The van der Waals surface area contributed by atoms with Crippen LogP contribution in [0, 0.1) is 5.92 Å². The first-order valence-corrected chi connectivity index (χ1v) is 10.0. The molecule has 1 atom stereocenters. The molecular weight excluding hydrogens is 334 g/mol. The van der Waals surface area contributed by atoms with E-state index in [1.807, 2.05) is 18.7 Å². The predicted octanol–water partition coefficient (Wildman–Crippen LogP) is 0.879. The SMILES string of the molecule is CC(C)OCCCNC(=O)C1CCC(=O)N(CCCN2CCOCC2)C1. The van der Waals surface area contributed by atoms with Gasteiger partial charge in [0.25, 0.3) is 0 Å². The number of likely N-dealkylation sites (tertiary alicyclic amines) is 1. The smallest absolute Gasteiger partial charge is 0.224 e. The van der Waals surface area contributed by atoms with Crippen molar-refractivity contribution in [2.45, 2.75) is 45.6 Å².